The van der Waals surface area contributed by atoms with E-state index in [4.69, 9.17) is 9.47 Å². The number of hydrogen-bond donors (Lipinski definition) is 0. The van der Waals surface area contributed by atoms with Crippen LogP contribution in [0.5, 0.6) is 0 Å². The van der Waals surface area contributed by atoms with E-state index in [1.165, 1.54) is 77.0 Å². The van der Waals surface area contributed by atoms with Crippen LogP contribution in [0, 0.1) is 23.7 Å². The summed E-state index contributed by atoms with van der Waals surface area (Å²) in [4.78, 5) is 24.2. The maximum absolute atomic E-state index is 12.5. The molecule has 0 radical (unpaired) electrons. The molecule has 0 spiro atoms. The molecule has 0 amide bonds. The van der Waals surface area contributed by atoms with Gasteiger partial charge in [-0.15, -0.1) is 0 Å². The van der Waals surface area contributed by atoms with Crippen molar-refractivity contribution in [1.29, 1.82) is 0 Å². The molecule has 0 aromatic rings. The summed E-state index contributed by atoms with van der Waals surface area (Å²) in [5.74, 6) is 1.80. The van der Waals surface area contributed by atoms with Gasteiger partial charge in [-0.05, 0) is 56.3 Å². The molecule has 0 aliphatic rings. The van der Waals surface area contributed by atoms with E-state index < -0.39 is 0 Å². The van der Waals surface area contributed by atoms with Crippen LogP contribution >= 0.6 is 0 Å². The molecule has 1 atom stereocenters. The van der Waals surface area contributed by atoms with Gasteiger partial charge in [-0.2, -0.15) is 0 Å². The third kappa shape index (κ3) is 26.9. The van der Waals surface area contributed by atoms with Crippen LogP contribution in [0.4, 0.5) is 0 Å². The first-order valence-electron chi connectivity index (χ1n) is 17.1. The number of hydrogen-bond acceptors (Lipinski definition) is 4. The molecular formula is C35H68O4. The minimum absolute atomic E-state index is 0.0108. The fourth-order valence-corrected chi connectivity index (χ4v) is 5.18. The molecule has 232 valence electrons. The van der Waals surface area contributed by atoms with E-state index >= 15 is 0 Å². The van der Waals surface area contributed by atoms with Gasteiger partial charge in [0.25, 0.3) is 0 Å². The Morgan fingerprint density at radius 2 is 0.846 bits per heavy atom. The first kappa shape index (κ1) is 37.9. The van der Waals surface area contributed by atoms with Crippen LogP contribution < -0.4 is 0 Å². The van der Waals surface area contributed by atoms with E-state index in [-0.39, 0.29) is 17.9 Å². The van der Waals surface area contributed by atoms with Crippen LogP contribution in [0.1, 0.15) is 176 Å². The predicted molar refractivity (Wildman–Crippen MR) is 167 cm³/mol. The van der Waals surface area contributed by atoms with Crippen molar-refractivity contribution in [3.63, 3.8) is 0 Å². The van der Waals surface area contributed by atoms with Gasteiger partial charge in [0.1, 0.15) is 0 Å². The lowest BCUT2D eigenvalue weighted by Crippen LogP contribution is -2.23. The highest BCUT2D eigenvalue weighted by Gasteiger charge is 2.23. The van der Waals surface area contributed by atoms with E-state index in [0.717, 1.165) is 51.4 Å². The summed E-state index contributed by atoms with van der Waals surface area (Å²) in [6.07, 6.45) is 25.0. The SMILES string of the molecule is CC(C)CCCOC(=O)CCCCCCCCCCCCCCCCCC(C(=O)OCCCC(C)C)C(C)C. The van der Waals surface area contributed by atoms with Gasteiger partial charge in [-0.25, -0.2) is 0 Å². The van der Waals surface area contributed by atoms with Gasteiger partial charge in [-0.1, -0.05) is 131 Å². The number of esters is 2. The molecule has 0 aromatic heterocycles. The van der Waals surface area contributed by atoms with Gasteiger partial charge in [0.2, 0.25) is 0 Å². The molecule has 0 saturated heterocycles. The Kier molecular flexibility index (Phi) is 26.4. The maximum Gasteiger partial charge on any atom is 0.309 e. The number of rotatable bonds is 28. The Morgan fingerprint density at radius 3 is 1.26 bits per heavy atom. The Labute approximate surface area is 244 Å². The smallest absolute Gasteiger partial charge is 0.309 e. The van der Waals surface area contributed by atoms with Crippen LogP contribution in [0.15, 0.2) is 0 Å². The van der Waals surface area contributed by atoms with E-state index in [9.17, 15) is 9.59 Å². The van der Waals surface area contributed by atoms with E-state index in [2.05, 4.69) is 41.5 Å². The standard InChI is InChI=1S/C35H68O4/c1-30(2)24-22-28-38-34(36)27-21-19-17-15-13-11-9-7-8-10-12-14-16-18-20-26-33(32(5)6)35(37)39-29-23-25-31(3)4/h30-33H,7-29H2,1-6H3. The summed E-state index contributed by atoms with van der Waals surface area (Å²) in [6, 6.07) is 0. The summed E-state index contributed by atoms with van der Waals surface area (Å²) in [7, 11) is 0. The zero-order valence-electron chi connectivity index (χ0n) is 27.2. The first-order valence-corrected chi connectivity index (χ1v) is 17.1. The molecule has 0 saturated carbocycles. The van der Waals surface area contributed by atoms with E-state index in [0.29, 0.717) is 37.4 Å². The molecule has 0 bridgehead atoms. The maximum atomic E-state index is 12.5. The molecule has 4 nitrogen and oxygen atoms in total. The molecular weight excluding hydrogens is 484 g/mol. The lowest BCUT2D eigenvalue weighted by molar-refractivity contribution is -0.150. The van der Waals surface area contributed by atoms with Crippen molar-refractivity contribution in [1.82, 2.24) is 0 Å². The van der Waals surface area contributed by atoms with Crippen LogP contribution in [-0.4, -0.2) is 25.2 Å². The summed E-state index contributed by atoms with van der Waals surface area (Å²) in [5.41, 5.74) is 0. The van der Waals surface area contributed by atoms with E-state index in [1.54, 1.807) is 0 Å². The number of carbonyl (C=O) groups excluding carboxylic acids is 2. The highest BCUT2D eigenvalue weighted by Crippen LogP contribution is 2.22. The average Bonchev–Trinajstić information content (AvgIpc) is 2.87. The number of unbranched alkanes of at least 4 members (excludes halogenated alkanes) is 14. The van der Waals surface area contributed by atoms with Crippen molar-refractivity contribution in [2.75, 3.05) is 13.2 Å². The Hall–Kier alpha value is -1.06. The molecule has 0 aliphatic heterocycles. The molecule has 1 unspecified atom stereocenters. The van der Waals surface area contributed by atoms with E-state index in [1.807, 2.05) is 0 Å². The Bertz CT molecular complexity index is 555. The molecule has 0 fully saturated rings. The summed E-state index contributed by atoms with van der Waals surface area (Å²) in [5, 5.41) is 0. The fraction of sp³-hybridized carbons (Fsp3) is 0.943. The Balaban J connectivity index is 3.45. The minimum Gasteiger partial charge on any atom is -0.466 e. The zero-order valence-corrected chi connectivity index (χ0v) is 27.2. The summed E-state index contributed by atoms with van der Waals surface area (Å²) < 4.78 is 10.9. The van der Waals surface area contributed by atoms with Crippen molar-refractivity contribution >= 4 is 11.9 Å². The van der Waals surface area contributed by atoms with Crippen LogP contribution in [0.25, 0.3) is 0 Å². The Morgan fingerprint density at radius 1 is 0.462 bits per heavy atom. The quantitative estimate of drug-likeness (QED) is 0.0715. The molecule has 0 aliphatic carbocycles. The van der Waals surface area contributed by atoms with Gasteiger partial charge in [-0.3, -0.25) is 9.59 Å². The van der Waals surface area contributed by atoms with Gasteiger partial charge in [0.15, 0.2) is 0 Å². The lowest BCUT2D eigenvalue weighted by atomic mass is 9.90. The molecule has 39 heavy (non-hydrogen) atoms. The normalized spacial score (nSPS) is 12.4. The highest BCUT2D eigenvalue weighted by atomic mass is 16.5. The molecule has 4 heteroatoms. The largest absolute Gasteiger partial charge is 0.466 e. The molecule has 0 heterocycles. The minimum atomic E-state index is -0.0108. The second kappa shape index (κ2) is 27.1. The summed E-state index contributed by atoms with van der Waals surface area (Å²) >= 11 is 0. The van der Waals surface area contributed by atoms with Crippen LogP contribution in [0.3, 0.4) is 0 Å². The molecule has 0 N–H and O–H groups in total. The van der Waals surface area contributed by atoms with Gasteiger partial charge < -0.3 is 9.47 Å². The van der Waals surface area contributed by atoms with Crippen LogP contribution in [0.2, 0.25) is 0 Å². The van der Waals surface area contributed by atoms with Crippen molar-refractivity contribution in [2.24, 2.45) is 23.7 Å². The van der Waals surface area contributed by atoms with Gasteiger partial charge in [0, 0.05) is 6.42 Å². The molecule has 0 aromatic carbocycles. The van der Waals surface area contributed by atoms with Crippen molar-refractivity contribution in [3.05, 3.63) is 0 Å². The fourth-order valence-electron chi connectivity index (χ4n) is 5.18. The van der Waals surface area contributed by atoms with Crippen molar-refractivity contribution in [2.45, 2.75) is 176 Å². The van der Waals surface area contributed by atoms with Gasteiger partial charge >= 0.3 is 11.9 Å². The monoisotopic (exact) mass is 553 g/mol. The second-order valence-electron chi connectivity index (χ2n) is 13.2. The van der Waals surface area contributed by atoms with Crippen molar-refractivity contribution < 1.29 is 19.1 Å². The molecule has 0 rings (SSSR count). The van der Waals surface area contributed by atoms with Gasteiger partial charge in [0.05, 0.1) is 19.1 Å². The third-order valence-electron chi connectivity index (χ3n) is 7.86. The lowest BCUT2D eigenvalue weighted by Gasteiger charge is -2.19. The average molecular weight is 553 g/mol. The number of ether oxygens (including phenoxy) is 2. The highest BCUT2D eigenvalue weighted by molar-refractivity contribution is 5.72. The van der Waals surface area contributed by atoms with Crippen molar-refractivity contribution in [3.8, 4) is 0 Å². The predicted octanol–water partition coefficient (Wildman–Crippen LogP) is 10.8. The third-order valence-corrected chi connectivity index (χ3v) is 7.86. The zero-order chi connectivity index (χ0) is 29.1. The summed E-state index contributed by atoms with van der Waals surface area (Å²) in [6.45, 7) is 14.3. The second-order valence-corrected chi connectivity index (χ2v) is 13.2. The van der Waals surface area contributed by atoms with Crippen LogP contribution in [-0.2, 0) is 19.1 Å². The topological polar surface area (TPSA) is 52.6 Å². The first-order chi connectivity index (χ1) is 18.7. The number of carbonyl (C=O) groups is 2.